The zero-order valence-corrected chi connectivity index (χ0v) is 86.8. The second-order valence-corrected chi connectivity index (χ2v) is 41.2. The van der Waals surface area contributed by atoms with Crippen molar-refractivity contribution in [1.82, 2.24) is 39.6 Å². The SMILES string of the molecule is CCCCOCCOCCOCCCC(=O)C(O)C(O)C(=O)NCCOCCOCCOCCNS(=O)(=O)c1cccc(C2CN(CC)Cc3c(Cl)cc(Cl)cc32)c1.CCN1Cc2c(Cl)cc(Cl)cc2C(c2cccc(S(=O)(=O)NCCOCCOCCOCCN)c2)C1.CCN1Cc2c(Cl)cc(Cl)cc2C(c2cccc(S(C)(=O)=O)c2)C1.O=C(ON1C(=O)CCC1=O)C(O)C(O)C(=O)ON1C(=O)CCC1=O. The van der Waals surface area contributed by atoms with Crippen LogP contribution >= 0.6 is 69.6 Å². The van der Waals surface area contributed by atoms with Crippen molar-refractivity contribution >= 4 is 147 Å². The molecule has 0 aromatic heterocycles. The molecule has 5 heterocycles. The fraction of sp³-hybridized carbons (Fsp3) is 0.537. The lowest BCUT2D eigenvalue weighted by atomic mass is 9.84. The van der Waals surface area contributed by atoms with E-state index in [0.717, 1.165) is 115 Å². The molecule has 0 spiro atoms. The quantitative estimate of drug-likeness (QED) is 0.0133. The van der Waals surface area contributed by atoms with Crippen LogP contribution in [0.4, 0.5) is 0 Å². The van der Waals surface area contributed by atoms with Crippen LogP contribution in [-0.2, 0) is 140 Å². The number of fused-ring (bicyclic) bond motifs is 3. The monoisotopic (exact) mass is 2160 g/mol. The first-order chi connectivity index (χ1) is 67.8. The van der Waals surface area contributed by atoms with E-state index in [9.17, 15) is 84.0 Å². The summed E-state index contributed by atoms with van der Waals surface area (Å²) in [6, 6.07) is 32.2. The van der Waals surface area contributed by atoms with Crippen LogP contribution in [0.5, 0.6) is 0 Å². The van der Waals surface area contributed by atoms with Gasteiger partial charge in [0.2, 0.25) is 20.0 Å². The Kier molecular flexibility index (Phi) is 51.7. The molecule has 5 amide bonds. The molecule has 7 unspecified atom stereocenters. The second-order valence-electron chi connectivity index (χ2n) is 33.1. The molecule has 786 valence electrons. The van der Waals surface area contributed by atoms with Crippen molar-refractivity contribution in [1.29, 1.82) is 0 Å². The van der Waals surface area contributed by atoms with Crippen LogP contribution in [0.25, 0.3) is 0 Å². The lowest BCUT2D eigenvalue weighted by molar-refractivity contribution is -0.216. The third kappa shape index (κ3) is 38.0. The van der Waals surface area contributed by atoms with Crippen LogP contribution in [0.15, 0.2) is 124 Å². The number of hydrogen-bond acceptors (Lipinski definition) is 33. The van der Waals surface area contributed by atoms with Crippen LogP contribution in [0.1, 0.15) is 147 Å². The molecule has 6 aromatic rings. The summed E-state index contributed by atoms with van der Waals surface area (Å²) in [6.07, 6.45) is -5.90. The predicted molar refractivity (Wildman–Crippen MR) is 528 cm³/mol. The van der Waals surface area contributed by atoms with Gasteiger partial charge in [0.05, 0.1) is 120 Å². The highest BCUT2D eigenvalue weighted by atomic mass is 35.5. The van der Waals surface area contributed by atoms with E-state index in [4.69, 9.17) is 118 Å². The Morgan fingerprint density at radius 2 is 0.711 bits per heavy atom. The Bertz CT molecular complexity index is 5430. The Morgan fingerprint density at radius 1 is 0.401 bits per heavy atom. The zero-order valence-electron chi connectivity index (χ0n) is 79.8. The number of ketones is 1. The van der Waals surface area contributed by atoms with Crippen LogP contribution in [0, 0.1) is 0 Å². The lowest BCUT2D eigenvalue weighted by Gasteiger charge is -2.35. The summed E-state index contributed by atoms with van der Waals surface area (Å²) in [5.41, 5.74) is 14.3. The Morgan fingerprint density at radius 3 is 1.04 bits per heavy atom. The van der Waals surface area contributed by atoms with Gasteiger partial charge in [-0.15, -0.1) is 10.1 Å². The summed E-state index contributed by atoms with van der Waals surface area (Å²) < 4.78 is 130. The first-order valence-corrected chi connectivity index (χ1v) is 53.6. The minimum atomic E-state index is -3.80. The molecule has 0 saturated carbocycles. The summed E-state index contributed by atoms with van der Waals surface area (Å²) in [6.45, 7) is 22.7. The van der Waals surface area contributed by atoms with Crippen molar-refractivity contribution < 1.29 is 136 Å². The number of nitrogens with one attached hydrogen (secondary N) is 3. The largest absolute Gasteiger partial charge is 0.382 e. The van der Waals surface area contributed by atoms with Crippen LogP contribution < -0.4 is 20.5 Å². The van der Waals surface area contributed by atoms with Gasteiger partial charge < -0.3 is 83.8 Å². The molecule has 9 N–H and O–H groups in total. The first-order valence-electron chi connectivity index (χ1n) is 46.5. The number of aliphatic hydroxyl groups is 4. The fourth-order valence-corrected chi connectivity index (χ4v) is 19.7. The number of ether oxygens (including phenoxy) is 9. The summed E-state index contributed by atoms with van der Waals surface area (Å²) in [5, 5.41) is 45.5. The number of nitrogens with two attached hydrogens (primary N) is 1. The highest BCUT2D eigenvalue weighted by Gasteiger charge is 2.43. The number of sulfonamides is 2. The summed E-state index contributed by atoms with van der Waals surface area (Å²) >= 11 is 38.4. The van der Waals surface area contributed by atoms with Gasteiger partial charge in [0, 0.05) is 165 Å². The van der Waals surface area contributed by atoms with Gasteiger partial charge in [0.1, 0.15) is 6.10 Å². The van der Waals surface area contributed by atoms with E-state index in [0.29, 0.717) is 121 Å². The number of unbranched alkanes of at least 4 members (excludes halogenated alkanes) is 1. The second kappa shape index (κ2) is 61.3. The van der Waals surface area contributed by atoms with Crippen molar-refractivity contribution in [2.75, 3.05) is 191 Å². The lowest BCUT2D eigenvalue weighted by Crippen LogP contribution is -2.47. The molecule has 5 aliphatic rings. The third-order valence-electron chi connectivity index (χ3n) is 22.9. The van der Waals surface area contributed by atoms with Crippen molar-refractivity contribution in [2.45, 2.75) is 156 Å². The number of sulfone groups is 1. The van der Waals surface area contributed by atoms with E-state index in [1.807, 2.05) is 36.4 Å². The number of nitrogens with zero attached hydrogens (tertiary/aromatic N) is 5. The van der Waals surface area contributed by atoms with Crippen molar-refractivity contribution in [3.05, 3.63) is 189 Å². The Balaban J connectivity index is 0.000000249. The number of benzene rings is 6. The minimum Gasteiger partial charge on any atom is -0.382 e. The molecule has 0 bridgehead atoms. The third-order valence-corrected chi connectivity index (χ3v) is 28.6. The number of aliphatic hydroxyl groups excluding tert-OH is 4. The van der Waals surface area contributed by atoms with Crippen molar-refractivity contribution in [3.8, 4) is 0 Å². The predicted octanol–water partition coefficient (Wildman–Crippen LogP) is 7.86. The standard InChI is InChI=1S/C40H61Cl2N3O12S.C25H35Cl2N3O5S.C18H19Cl2NO2S.C12H12N2O10/c1-3-5-13-52-17-21-56-22-18-53-14-7-10-37(46)38(47)39(48)40(49)43-11-15-54-19-23-57-24-20-55-16-12-44-58(50,51)32-9-6-8-30(25-32)34-28-45(4-2)29-35-33(34)26-31(41)27-36(35)42;1-2-30-17-23(22-15-20(26)16-25(27)24(22)18-30)19-4-3-5-21(14-19)36(31,32)29-7-9-34-11-13-35-12-10-33-8-6-28;1-3-21-10-16(12-5-4-6-14(7-12)24(2,22)23)15-8-13(19)9-18(20)17(15)11-21;15-5-1-2-6(16)13(5)23-11(21)9(19)10(20)12(22)24-14-7(17)3-4-8(14)18/h6,8-9,25-27,34,38-39,44,47-48H,3-5,7,10-24,28-29H2,1-2H3,(H,43,49);3-5,14-16,23,29H,2,6-13,17-18,28H2,1H3;4-9,16H,3,10-11H2,1-2H3;9-10,19-20H,1-4H2. The maximum atomic E-state index is 13.1. The number of carbonyl (C=O) groups excluding carboxylic acids is 8. The van der Waals surface area contributed by atoms with Crippen molar-refractivity contribution in [2.24, 2.45) is 5.73 Å². The molecule has 142 heavy (non-hydrogen) atoms. The Labute approximate surface area is 858 Å². The van der Waals surface area contributed by atoms with E-state index in [2.05, 4.69) is 66.8 Å². The van der Waals surface area contributed by atoms with Crippen LogP contribution in [-0.4, -0.2) is 333 Å². The topological polar surface area (TPSA) is 500 Å². The molecule has 2 saturated heterocycles. The van der Waals surface area contributed by atoms with E-state index >= 15 is 0 Å². The number of rotatable bonds is 55. The number of carbonyl (C=O) groups is 8. The average Bonchev–Trinajstić information content (AvgIpc) is 0.870. The number of imide groups is 2. The number of halogens is 6. The number of hydroxylamine groups is 4. The molecular formula is C95H127Cl6N9O29S3. The normalized spacial score (nSPS) is 17.1. The maximum Gasteiger partial charge on any atom is 0.364 e. The molecule has 6 aromatic carbocycles. The van der Waals surface area contributed by atoms with Crippen LogP contribution in [0.2, 0.25) is 30.1 Å². The first kappa shape index (κ1) is 120. The molecular weight excluding hydrogens is 2040 g/mol. The van der Waals surface area contributed by atoms with Gasteiger partial charge in [0.25, 0.3) is 29.5 Å². The minimum absolute atomic E-state index is 0.0379. The van der Waals surface area contributed by atoms with Gasteiger partial charge in [-0.2, -0.15) is 0 Å². The maximum absolute atomic E-state index is 13.1. The van der Waals surface area contributed by atoms with Gasteiger partial charge in [-0.05, 0) is 155 Å². The average molecular weight is 2170 g/mol. The van der Waals surface area contributed by atoms with E-state index in [1.54, 1.807) is 72.8 Å². The van der Waals surface area contributed by atoms with Gasteiger partial charge in [-0.25, -0.2) is 44.3 Å². The fourth-order valence-electron chi connectivity index (χ4n) is 15.2. The van der Waals surface area contributed by atoms with E-state index < -0.39 is 102 Å². The smallest absolute Gasteiger partial charge is 0.364 e. The number of Topliss-reactive ketones (excluding diaryl/α,β-unsaturated/α-hetero) is 1. The van der Waals surface area contributed by atoms with E-state index in [1.165, 1.54) is 6.26 Å². The van der Waals surface area contributed by atoms with E-state index in [-0.39, 0.29) is 142 Å². The molecule has 7 atom stereocenters. The molecule has 38 nitrogen and oxygen atoms in total. The summed E-state index contributed by atoms with van der Waals surface area (Å²) in [5.74, 6) is -8.26. The molecule has 0 radical (unpaired) electrons. The molecule has 5 aliphatic heterocycles. The number of amides is 5. The summed E-state index contributed by atoms with van der Waals surface area (Å²) in [7, 11) is -10.7. The summed E-state index contributed by atoms with van der Waals surface area (Å²) in [4.78, 5) is 109. The molecule has 11 rings (SSSR count). The van der Waals surface area contributed by atoms with Gasteiger partial charge in [0.15, 0.2) is 33.9 Å². The molecule has 2 fully saturated rings. The Hall–Kier alpha value is -7.49. The molecule has 0 aliphatic carbocycles. The van der Waals surface area contributed by atoms with Gasteiger partial charge >= 0.3 is 11.9 Å². The van der Waals surface area contributed by atoms with Gasteiger partial charge in [-0.1, -0.05) is 140 Å². The number of likely N-dealkylation sites (N-methyl/N-ethyl adjacent to an activating group) is 3. The highest BCUT2D eigenvalue weighted by molar-refractivity contribution is 7.90. The van der Waals surface area contributed by atoms with Crippen molar-refractivity contribution in [3.63, 3.8) is 0 Å². The van der Waals surface area contributed by atoms with Gasteiger partial charge in [-0.3, -0.25) is 43.5 Å². The highest BCUT2D eigenvalue weighted by Crippen LogP contribution is 2.43. The van der Waals surface area contributed by atoms with Crippen LogP contribution in [0.3, 0.4) is 0 Å². The molecule has 47 heteroatoms. The zero-order chi connectivity index (χ0) is 104. The number of hydrogen-bond donors (Lipinski definition) is 8.